The fourth-order valence-electron chi connectivity index (χ4n) is 4.41. The maximum absolute atomic E-state index is 14.5. The topological polar surface area (TPSA) is 21.9 Å². The molecular formula is C26H23F2N2O+. The van der Waals surface area contributed by atoms with E-state index in [0.717, 1.165) is 28.7 Å². The summed E-state index contributed by atoms with van der Waals surface area (Å²) in [7, 11) is 2.00. The number of para-hydroxylation sites is 1. The van der Waals surface area contributed by atoms with Gasteiger partial charge in [-0.1, -0.05) is 32.0 Å². The van der Waals surface area contributed by atoms with Crippen LogP contribution in [0.25, 0.3) is 39.0 Å². The molecule has 0 saturated carbocycles. The van der Waals surface area contributed by atoms with Crippen LogP contribution in [0.15, 0.2) is 65.3 Å². The average Bonchev–Trinajstić information content (AvgIpc) is 3.27. The number of hydrogen-bond acceptors (Lipinski definition) is 1. The molecule has 0 aliphatic heterocycles. The third-order valence-electron chi connectivity index (χ3n) is 5.90. The minimum atomic E-state index is -0.647. The fourth-order valence-corrected chi connectivity index (χ4v) is 4.41. The number of furan rings is 1. The van der Waals surface area contributed by atoms with Crippen LogP contribution in [-0.2, 0) is 7.05 Å². The average molecular weight is 417 g/mol. The molecule has 0 spiro atoms. The van der Waals surface area contributed by atoms with Crippen molar-refractivity contribution in [2.24, 2.45) is 7.05 Å². The summed E-state index contributed by atoms with van der Waals surface area (Å²) in [5.41, 5.74) is 5.07. The maximum atomic E-state index is 14.5. The smallest absolute Gasteiger partial charge is 0.294 e. The molecule has 5 heteroatoms. The second-order valence-corrected chi connectivity index (χ2v) is 8.34. The van der Waals surface area contributed by atoms with Gasteiger partial charge in [-0.05, 0) is 36.6 Å². The molecule has 0 bridgehead atoms. The normalized spacial score (nSPS) is 11.8. The van der Waals surface area contributed by atoms with Crippen molar-refractivity contribution in [2.75, 3.05) is 0 Å². The summed E-state index contributed by atoms with van der Waals surface area (Å²) in [5, 5.41) is 0.966. The molecule has 0 amide bonds. The first-order valence-corrected chi connectivity index (χ1v) is 10.3. The van der Waals surface area contributed by atoms with Crippen molar-refractivity contribution in [2.45, 2.75) is 26.7 Å². The first kappa shape index (κ1) is 19.5. The Morgan fingerprint density at radius 1 is 1.00 bits per heavy atom. The van der Waals surface area contributed by atoms with E-state index in [4.69, 9.17) is 4.42 Å². The first-order valence-electron chi connectivity index (χ1n) is 10.3. The van der Waals surface area contributed by atoms with E-state index in [1.807, 2.05) is 44.6 Å². The lowest BCUT2D eigenvalue weighted by atomic mass is 10.00. The van der Waals surface area contributed by atoms with Crippen molar-refractivity contribution in [3.63, 3.8) is 0 Å². The molecule has 0 radical (unpaired) electrons. The third-order valence-corrected chi connectivity index (χ3v) is 5.90. The molecule has 3 aromatic carbocycles. The molecule has 31 heavy (non-hydrogen) atoms. The standard InChI is InChI=1S/C26H23F2N2O/c1-15(2)18-7-5-6-8-22(18)30-10-9-29(4)26(30)19-14-23-20(11-16(19)3)25-21(28)12-17(27)13-24(25)31-23/h5-15H,1-4H3/q+1. The Morgan fingerprint density at radius 2 is 1.77 bits per heavy atom. The molecule has 5 aromatic rings. The van der Waals surface area contributed by atoms with E-state index in [-0.39, 0.29) is 5.58 Å². The van der Waals surface area contributed by atoms with Gasteiger partial charge in [0.15, 0.2) is 0 Å². The third kappa shape index (κ3) is 3.03. The predicted octanol–water partition coefficient (Wildman–Crippen LogP) is 6.58. The van der Waals surface area contributed by atoms with E-state index in [1.54, 1.807) is 0 Å². The van der Waals surface area contributed by atoms with Crippen molar-refractivity contribution >= 4 is 21.9 Å². The quantitative estimate of drug-likeness (QED) is 0.304. The summed E-state index contributed by atoms with van der Waals surface area (Å²) in [4.78, 5) is 0. The zero-order chi connectivity index (χ0) is 21.9. The molecule has 0 atom stereocenters. The van der Waals surface area contributed by atoms with Crippen molar-refractivity contribution < 1.29 is 17.8 Å². The summed E-state index contributed by atoms with van der Waals surface area (Å²) in [6.07, 6.45) is 4.07. The van der Waals surface area contributed by atoms with Gasteiger partial charge in [-0.25, -0.2) is 13.3 Å². The van der Waals surface area contributed by atoms with E-state index < -0.39 is 11.6 Å². The van der Waals surface area contributed by atoms with Crippen LogP contribution >= 0.6 is 0 Å². The summed E-state index contributed by atoms with van der Waals surface area (Å²) in [5.74, 6) is 0.0976. The highest BCUT2D eigenvalue weighted by Crippen LogP contribution is 2.36. The summed E-state index contributed by atoms with van der Waals surface area (Å²) < 4.78 is 38.3. The van der Waals surface area contributed by atoms with Gasteiger partial charge in [0.1, 0.15) is 40.9 Å². The van der Waals surface area contributed by atoms with Crippen LogP contribution in [0.2, 0.25) is 0 Å². The number of nitrogens with zero attached hydrogens (tertiary/aromatic N) is 2. The molecule has 0 fully saturated rings. The van der Waals surface area contributed by atoms with Crippen LogP contribution in [-0.4, -0.2) is 4.57 Å². The number of aryl methyl sites for hydroxylation is 2. The van der Waals surface area contributed by atoms with Gasteiger partial charge in [-0.15, -0.1) is 0 Å². The van der Waals surface area contributed by atoms with Gasteiger partial charge >= 0.3 is 0 Å². The second-order valence-electron chi connectivity index (χ2n) is 8.34. The second kappa shape index (κ2) is 7.05. The lowest BCUT2D eigenvalue weighted by Crippen LogP contribution is -2.29. The lowest BCUT2D eigenvalue weighted by Gasteiger charge is -2.12. The van der Waals surface area contributed by atoms with Crippen LogP contribution in [0.3, 0.4) is 0 Å². The molecule has 3 nitrogen and oxygen atoms in total. The van der Waals surface area contributed by atoms with Crippen LogP contribution in [0.1, 0.15) is 30.9 Å². The van der Waals surface area contributed by atoms with Crippen molar-refractivity contribution in [3.8, 4) is 17.1 Å². The number of halogens is 2. The van der Waals surface area contributed by atoms with Crippen molar-refractivity contribution in [1.82, 2.24) is 4.57 Å². The molecule has 0 N–H and O–H groups in total. The molecule has 5 rings (SSSR count). The Bertz CT molecular complexity index is 1460. The molecule has 2 aromatic heterocycles. The Labute approximate surface area is 179 Å². The minimum Gasteiger partial charge on any atom is -0.456 e. The van der Waals surface area contributed by atoms with E-state index in [0.29, 0.717) is 22.3 Å². The Hall–Kier alpha value is -3.47. The molecule has 0 saturated heterocycles. The highest BCUT2D eigenvalue weighted by Gasteiger charge is 2.25. The molecule has 0 aliphatic rings. The predicted molar refractivity (Wildman–Crippen MR) is 118 cm³/mol. The largest absolute Gasteiger partial charge is 0.456 e. The Balaban J connectivity index is 1.78. The van der Waals surface area contributed by atoms with Gasteiger partial charge in [0.2, 0.25) is 0 Å². The van der Waals surface area contributed by atoms with Crippen LogP contribution in [0, 0.1) is 18.6 Å². The van der Waals surface area contributed by atoms with Gasteiger partial charge in [-0.3, -0.25) is 0 Å². The van der Waals surface area contributed by atoms with E-state index >= 15 is 0 Å². The lowest BCUT2D eigenvalue weighted by molar-refractivity contribution is -0.659. The summed E-state index contributed by atoms with van der Waals surface area (Å²) in [6.45, 7) is 6.36. The summed E-state index contributed by atoms with van der Waals surface area (Å²) >= 11 is 0. The highest BCUT2D eigenvalue weighted by atomic mass is 19.1. The van der Waals surface area contributed by atoms with Gasteiger partial charge in [0, 0.05) is 23.1 Å². The molecule has 0 unspecified atom stereocenters. The molecule has 156 valence electrons. The van der Waals surface area contributed by atoms with Crippen molar-refractivity contribution in [3.05, 3.63) is 83.7 Å². The highest BCUT2D eigenvalue weighted by molar-refractivity contribution is 6.06. The van der Waals surface area contributed by atoms with Crippen molar-refractivity contribution in [1.29, 1.82) is 0 Å². The molecule has 2 heterocycles. The molecular weight excluding hydrogens is 394 g/mol. The number of benzene rings is 3. The van der Waals surface area contributed by atoms with E-state index in [1.165, 1.54) is 11.6 Å². The van der Waals surface area contributed by atoms with Gasteiger partial charge in [0.05, 0.1) is 18.0 Å². The minimum absolute atomic E-state index is 0.217. The number of aromatic nitrogens is 2. The Morgan fingerprint density at radius 3 is 2.55 bits per heavy atom. The monoisotopic (exact) mass is 417 g/mol. The Kier molecular flexibility index (Phi) is 4.43. The van der Waals surface area contributed by atoms with E-state index in [9.17, 15) is 8.78 Å². The van der Waals surface area contributed by atoms with Gasteiger partial charge in [0.25, 0.3) is 5.82 Å². The maximum Gasteiger partial charge on any atom is 0.294 e. The van der Waals surface area contributed by atoms with Gasteiger partial charge < -0.3 is 4.42 Å². The van der Waals surface area contributed by atoms with Crippen LogP contribution < -0.4 is 4.57 Å². The van der Waals surface area contributed by atoms with Crippen LogP contribution in [0.5, 0.6) is 0 Å². The SMILES string of the molecule is Cc1cc2c(cc1-c1n(-c3ccccc3C(C)C)cc[n+]1C)oc1cc(F)cc(F)c12. The van der Waals surface area contributed by atoms with Crippen LogP contribution in [0.4, 0.5) is 8.78 Å². The van der Waals surface area contributed by atoms with Gasteiger partial charge in [-0.2, -0.15) is 4.57 Å². The zero-order valence-corrected chi connectivity index (χ0v) is 17.9. The number of rotatable bonds is 3. The number of imidazole rings is 1. The fraction of sp³-hybridized carbons (Fsp3) is 0.192. The number of hydrogen-bond donors (Lipinski definition) is 0. The summed E-state index contributed by atoms with van der Waals surface area (Å²) in [6, 6.07) is 14.3. The molecule has 0 aliphatic carbocycles. The van der Waals surface area contributed by atoms with E-state index in [2.05, 4.69) is 41.2 Å². The zero-order valence-electron chi connectivity index (χ0n) is 17.9. The first-order chi connectivity index (χ1) is 14.8. The number of fused-ring (bicyclic) bond motifs is 3.